The van der Waals surface area contributed by atoms with Crippen LogP contribution in [0.4, 0.5) is 5.13 Å². The number of benzene rings is 1. The molecule has 0 spiro atoms. The number of carbonyl (C=O) groups excluding carboxylic acids is 1. The number of alkyl halides is 1. The number of anilines is 1. The Balaban J connectivity index is 2.17. The van der Waals surface area contributed by atoms with Crippen LogP contribution in [0, 0.1) is 0 Å². The molecule has 1 aromatic heterocycles. The van der Waals surface area contributed by atoms with Gasteiger partial charge in [-0.05, 0) is 36.5 Å². The molecule has 0 saturated heterocycles. The zero-order valence-corrected chi connectivity index (χ0v) is 15.1. The Morgan fingerprint density at radius 3 is 2.86 bits per heavy atom. The van der Waals surface area contributed by atoms with E-state index in [9.17, 15) is 4.79 Å². The first kappa shape index (κ1) is 16.4. The summed E-state index contributed by atoms with van der Waals surface area (Å²) in [6.07, 6.45) is 2.92. The highest BCUT2D eigenvalue weighted by Gasteiger charge is 2.16. The van der Waals surface area contributed by atoms with E-state index in [4.69, 9.17) is 0 Å². The molecule has 0 unspecified atom stereocenters. The summed E-state index contributed by atoms with van der Waals surface area (Å²) in [6, 6.07) is 6.36. The van der Waals surface area contributed by atoms with Crippen LogP contribution in [0.5, 0.6) is 0 Å². The summed E-state index contributed by atoms with van der Waals surface area (Å²) < 4.78 is 1.13. The van der Waals surface area contributed by atoms with Crippen LogP contribution in [-0.2, 0) is 4.79 Å². The van der Waals surface area contributed by atoms with Gasteiger partial charge < -0.3 is 5.32 Å². The number of amides is 1. The van der Waals surface area contributed by atoms with Gasteiger partial charge in [-0.25, -0.2) is 4.98 Å². The topological polar surface area (TPSA) is 42.0 Å². The lowest BCUT2D eigenvalue weighted by molar-refractivity contribution is -0.115. The third-order valence-electron chi connectivity index (χ3n) is 3.65. The number of rotatable bonds is 6. The lowest BCUT2D eigenvalue weighted by Crippen LogP contribution is -2.22. The van der Waals surface area contributed by atoms with E-state index in [0.717, 1.165) is 29.5 Å². The van der Waals surface area contributed by atoms with Gasteiger partial charge in [-0.2, -0.15) is 0 Å². The van der Waals surface area contributed by atoms with Crippen molar-refractivity contribution in [1.82, 2.24) is 4.98 Å². The summed E-state index contributed by atoms with van der Waals surface area (Å²) in [5.41, 5.74) is 2.28. The van der Waals surface area contributed by atoms with E-state index in [-0.39, 0.29) is 10.7 Å². The Hall–Kier alpha value is -0.940. The van der Waals surface area contributed by atoms with Crippen LogP contribution < -0.4 is 5.32 Å². The summed E-state index contributed by atoms with van der Waals surface area (Å²) in [6.45, 7) is 6.48. The fraction of sp³-hybridized carbons (Fsp3) is 0.500. The van der Waals surface area contributed by atoms with Gasteiger partial charge >= 0.3 is 0 Å². The van der Waals surface area contributed by atoms with Crippen LogP contribution >= 0.6 is 27.3 Å². The van der Waals surface area contributed by atoms with Crippen molar-refractivity contribution in [3.05, 3.63) is 23.8 Å². The molecule has 2 aromatic rings. The molecule has 0 bridgehead atoms. The molecule has 2 atom stereocenters. The molecule has 0 saturated carbocycles. The maximum Gasteiger partial charge on any atom is 0.239 e. The highest BCUT2D eigenvalue weighted by atomic mass is 79.9. The van der Waals surface area contributed by atoms with E-state index >= 15 is 0 Å². The van der Waals surface area contributed by atoms with Crippen LogP contribution in [-0.4, -0.2) is 15.7 Å². The van der Waals surface area contributed by atoms with Gasteiger partial charge in [0.05, 0.1) is 15.0 Å². The summed E-state index contributed by atoms with van der Waals surface area (Å²) in [7, 11) is 0. The van der Waals surface area contributed by atoms with Gasteiger partial charge in [0.15, 0.2) is 5.13 Å². The normalized spacial score (nSPS) is 14.1. The predicted molar refractivity (Wildman–Crippen MR) is 94.6 cm³/mol. The third kappa shape index (κ3) is 4.04. The number of nitrogens with one attached hydrogen (secondary N) is 1. The number of hydrogen-bond acceptors (Lipinski definition) is 3. The summed E-state index contributed by atoms with van der Waals surface area (Å²) in [5, 5.41) is 3.58. The zero-order valence-electron chi connectivity index (χ0n) is 12.6. The van der Waals surface area contributed by atoms with Gasteiger partial charge in [0.2, 0.25) is 5.91 Å². The Kier molecular flexibility index (Phi) is 5.76. The van der Waals surface area contributed by atoms with E-state index in [1.54, 1.807) is 0 Å². The maximum atomic E-state index is 12.0. The van der Waals surface area contributed by atoms with Crippen LogP contribution in [0.1, 0.15) is 51.5 Å². The predicted octanol–water partition coefficient (Wildman–Crippen LogP) is 5.31. The van der Waals surface area contributed by atoms with Crippen molar-refractivity contribution in [2.45, 2.75) is 50.8 Å². The van der Waals surface area contributed by atoms with Crippen LogP contribution in [0.3, 0.4) is 0 Å². The second-order valence-electron chi connectivity index (χ2n) is 5.30. The molecular weight excluding hydrogens is 348 g/mol. The minimum atomic E-state index is -0.148. The smallest absolute Gasteiger partial charge is 0.239 e. The minimum Gasteiger partial charge on any atom is -0.301 e. The number of fused-ring (bicyclic) bond motifs is 1. The van der Waals surface area contributed by atoms with Crippen molar-refractivity contribution < 1.29 is 4.79 Å². The molecule has 1 N–H and O–H groups in total. The molecule has 2 rings (SSSR count). The van der Waals surface area contributed by atoms with Crippen molar-refractivity contribution in [3.8, 4) is 0 Å². The molecule has 5 heteroatoms. The number of carbonyl (C=O) groups is 1. The molecule has 3 nitrogen and oxygen atoms in total. The first-order valence-corrected chi connectivity index (χ1v) is 9.13. The number of thiazole rings is 1. The molecule has 0 aliphatic heterocycles. The van der Waals surface area contributed by atoms with E-state index in [0.29, 0.717) is 11.0 Å². The van der Waals surface area contributed by atoms with Gasteiger partial charge in [-0.15, -0.1) is 0 Å². The first-order chi connectivity index (χ1) is 10.0. The zero-order chi connectivity index (χ0) is 15.4. The van der Waals surface area contributed by atoms with Gasteiger partial charge in [0.1, 0.15) is 0 Å². The molecule has 114 valence electrons. The van der Waals surface area contributed by atoms with Crippen molar-refractivity contribution >= 4 is 48.5 Å². The van der Waals surface area contributed by atoms with E-state index in [2.05, 4.69) is 59.1 Å². The highest BCUT2D eigenvalue weighted by Crippen LogP contribution is 2.30. The molecule has 0 fully saturated rings. The first-order valence-electron chi connectivity index (χ1n) is 7.40. The quantitative estimate of drug-likeness (QED) is 0.701. The Bertz CT molecular complexity index is 626. The fourth-order valence-electron chi connectivity index (χ4n) is 2.11. The molecule has 1 amide bonds. The van der Waals surface area contributed by atoms with Crippen LogP contribution in [0.15, 0.2) is 18.2 Å². The number of nitrogens with zero attached hydrogens (tertiary/aromatic N) is 1. The lowest BCUT2D eigenvalue weighted by Gasteiger charge is -2.07. The van der Waals surface area contributed by atoms with Crippen LogP contribution in [0.25, 0.3) is 10.2 Å². The van der Waals surface area contributed by atoms with Gasteiger partial charge in [-0.1, -0.05) is 60.5 Å². The summed E-state index contributed by atoms with van der Waals surface area (Å²) in [5.74, 6) is 0.532. The van der Waals surface area contributed by atoms with E-state index in [1.807, 2.05) is 6.07 Å². The summed E-state index contributed by atoms with van der Waals surface area (Å²) in [4.78, 5) is 16.3. The monoisotopic (exact) mass is 368 g/mol. The molecule has 0 radical (unpaired) electrons. The number of halogens is 1. The maximum absolute atomic E-state index is 12.0. The summed E-state index contributed by atoms with van der Waals surface area (Å²) >= 11 is 4.95. The molecular formula is C16H21BrN2OS. The van der Waals surface area contributed by atoms with Crippen molar-refractivity contribution in [3.63, 3.8) is 0 Å². The van der Waals surface area contributed by atoms with Gasteiger partial charge in [-0.3, -0.25) is 4.79 Å². The number of aromatic nitrogens is 1. The van der Waals surface area contributed by atoms with Crippen molar-refractivity contribution in [2.75, 3.05) is 5.32 Å². The lowest BCUT2D eigenvalue weighted by atomic mass is 9.99. The average Bonchev–Trinajstić information content (AvgIpc) is 2.87. The van der Waals surface area contributed by atoms with Gasteiger partial charge in [0, 0.05) is 0 Å². The second-order valence-corrected chi connectivity index (χ2v) is 7.44. The third-order valence-corrected chi connectivity index (χ3v) is 5.46. The standard InChI is InChI=1S/C16H21BrN2OS/c1-4-6-12(17)15(20)19-16-18-13-8-7-11(10(3)5-2)9-14(13)21-16/h7-10,12H,4-6H2,1-3H3,(H,18,19,20)/t10-,12+/m0/s1. The van der Waals surface area contributed by atoms with E-state index in [1.165, 1.54) is 16.9 Å². The van der Waals surface area contributed by atoms with Crippen molar-refractivity contribution in [1.29, 1.82) is 0 Å². The Morgan fingerprint density at radius 1 is 1.43 bits per heavy atom. The SMILES string of the molecule is CCC[C@@H](Br)C(=O)Nc1nc2ccc([C@@H](C)CC)cc2s1. The van der Waals surface area contributed by atoms with Crippen LogP contribution in [0.2, 0.25) is 0 Å². The molecule has 0 aliphatic carbocycles. The minimum absolute atomic E-state index is 0.0157. The molecule has 1 aromatic carbocycles. The Morgan fingerprint density at radius 2 is 2.19 bits per heavy atom. The fourth-order valence-corrected chi connectivity index (χ4v) is 3.59. The molecule has 0 aliphatic rings. The highest BCUT2D eigenvalue weighted by molar-refractivity contribution is 9.10. The second kappa shape index (κ2) is 7.36. The molecule has 1 heterocycles. The van der Waals surface area contributed by atoms with Gasteiger partial charge in [0.25, 0.3) is 0 Å². The largest absolute Gasteiger partial charge is 0.301 e. The molecule has 21 heavy (non-hydrogen) atoms. The van der Waals surface area contributed by atoms with Crippen molar-refractivity contribution in [2.24, 2.45) is 0 Å². The average molecular weight is 369 g/mol. The van der Waals surface area contributed by atoms with E-state index < -0.39 is 0 Å². The number of hydrogen-bond donors (Lipinski definition) is 1. The Labute approximate surface area is 138 Å².